The molecule has 1 atom stereocenters. The fraction of sp³-hybridized carbons (Fsp3) is 0.444. The molecule has 0 aliphatic rings. The normalized spacial score (nSPS) is 12.4. The molecule has 2 aromatic carbocycles. The van der Waals surface area contributed by atoms with Gasteiger partial charge in [-0.25, -0.2) is 4.98 Å². The second-order valence-electron chi connectivity index (χ2n) is 9.10. The molecule has 0 radical (unpaired) electrons. The molecule has 1 unspecified atom stereocenters. The van der Waals surface area contributed by atoms with E-state index in [1.807, 2.05) is 75.1 Å². The standard InChI is InChI=1S/C27H35N3O3/c1-7-33-22-14-12-21(13-15-22)30-25(28-24-11-9-8-10-23(24)27(30)32)20(6)29(17-16-18(2)3)26(31)19(4)5/h8-15,18-20H,7,16-17H2,1-6H3. The molecule has 6 nitrogen and oxygen atoms in total. The predicted molar refractivity (Wildman–Crippen MR) is 133 cm³/mol. The van der Waals surface area contributed by atoms with Gasteiger partial charge in [-0.1, -0.05) is 39.8 Å². The molecule has 0 spiro atoms. The predicted octanol–water partition coefficient (Wildman–Crippen LogP) is 5.38. The molecule has 6 heteroatoms. The first-order valence-electron chi connectivity index (χ1n) is 11.8. The second-order valence-corrected chi connectivity index (χ2v) is 9.10. The molecule has 3 rings (SSSR count). The largest absolute Gasteiger partial charge is 0.494 e. The van der Waals surface area contributed by atoms with E-state index in [0.717, 1.165) is 12.2 Å². The van der Waals surface area contributed by atoms with Crippen molar-refractivity contribution in [3.05, 3.63) is 64.7 Å². The third kappa shape index (κ3) is 5.44. The van der Waals surface area contributed by atoms with E-state index in [1.54, 1.807) is 10.6 Å². The second kappa shape index (κ2) is 10.6. The lowest BCUT2D eigenvalue weighted by molar-refractivity contribution is -0.137. The van der Waals surface area contributed by atoms with Crippen LogP contribution in [-0.4, -0.2) is 33.5 Å². The van der Waals surface area contributed by atoms with Crippen molar-refractivity contribution >= 4 is 16.8 Å². The molecule has 0 saturated heterocycles. The van der Waals surface area contributed by atoms with Gasteiger partial charge in [0.25, 0.3) is 5.56 Å². The monoisotopic (exact) mass is 449 g/mol. The van der Waals surface area contributed by atoms with Crippen LogP contribution in [-0.2, 0) is 4.79 Å². The van der Waals surface area contributed by atoms with Gasteiger partial charge in [-0.3, -0.25) is 14.2 Å². The van der Waals surface area contributed by atoms with E-state index >= 15 is 0 Å². The Morgan fingerprint density at radius 2 is 1.70 bits per heavy atom. The van der Waals surface area contributed by atoms with Crippen LogP contribution in [0.25, 0.3) is 16.6 Å². The minimum atomic E-state index is -0.373. The Bertz CT molecular complexity index is 1150. The highest BCUT2D eigenvalue weighted by Crippen LogP contribution is 2.26. The Morgan fingerprint density at radius 1 is 1.03 bits per heavy atom. The summed E-state index contributed by atoms with van der Waals surface area (Å²) in [6.45, 7) is 13.2. The minimum Gasteiger partial charge on any atom is -0.494 e. The van der Waals surface area contributed by atoms with Crippen molar-refractivity contribution in [2.45, 2.75) is 54.0 Å². The Labute approximate surface area is 196 Å². The number of carbonyl (C=O) groups is 1. The van der Waals surface area contributed by atoms with Gasteiger partial charge in [0.2, 0.25) is 5.91 Å². The van der Waals surface area contributed by atoms with Crippen LogP contribution in [0.2, 0.25) is 0 Å². The number of aromatic nitrogens is 2. The average molecular weight is 450 g/mol. The molecular weight excluding hydrogens is 414 g/mol. The number of rotatable bonds is 9. The number of hydrogen-bond acceptors (Lipinski definition) is 4. The molecule has 0 aliphatic heterocycles. The maximum atomic E-state index is 13.6. The topological polar surface area (TPSA) is 64.4 Å². The summed E-state index contributed by atoms with van der Waals surface area (Å²) in [5.74, 6) is 1.67. The van der Waals surface area contributed by atoms with Crippen LogP contribution in [0.5, 0.6) is 5.75 Å². The lowest BCUT2D eigenvalue weighted by Gasteiger charge is -2.32. The lowest BCUT2D eigenvalue weighted by Crippen LogP contribution is -2.40. The van der Waals surface area contributed by atoms with Crippen LogP contribution in [0, 0.1) is 11.8 Å². The number of amides is 1. The lowest BCUT2D eigenvalue weighted by atomic mass is 10.1. The van der Waals surface area contributed by atoms with Gasteiger partial charge in [0.05, 0.1) is 29.2 Å². The summed E-state index contributed by atoms with van der Waals surface area (Å²) in [5.41, 5.74) is 1.18. The summed E-state index contributed by atoms with van der Waals surface area (Å²) in [7, 11) is 0. The minimum absolute atomic E-state index is 0.0591. The molecule has 176 valence electrons. The quantitative estimate of drug-likeness (QED) is 0.440. The zero-order valence-electron chi connectivity index (χ0n) is 20.5. The molecule has 0 N–H and O–H groups in total. The zero-order valence-corrected chi connectivity index (χ0v) is 20.5. The molecule has 3 aromatic rings. The van der Waals surface area contributed by atoms with E-state index in [-0.39, 0.29) is 23.4 Å². The zero-order chi connectivity index (χ0) is 24.1. The van der Waals surface area contributed by atoms with Crippen LogP contribution in [0.1, 0.15) is 59.8 Å². The summed E-state index contributed by atoms with van der Waals surface area (Å²) in [5, 5.41) is 0.547. The highest BCUT2D eigenvalue weighted by atomic mass is 16.5. The molecule has 1 heterocycles. The molecule has 33 heavy (non-hydrogen) atoms. The van der Waals surface area contributed by atoms with Crippen molar-refractivity contribution in [1.82, 2.24) is 14.5 Å². The summed E-state index contributed by atoms with van der Waals surface area (Å²) in [4.78, 5) is 33.6. The third-order valence-electron chi connectivity index (χ3n) is 5.77. The molecular formula is C27H35N3O3. The number of fused-ring (bicyclic) bond motifs is 1. The van der Waals surface area contributed by atoms with E-state index in [4.69, 9.17) is 9.72 Å². The third-order valence-corrected chi connectivity index (χ3v) is 5.77. The van der Waals surface area contributed by atoms with Gasteiger partial charge in [-0.2, -0.15) is 0 Å². The van der Waals surface area contributed by atoms with E-state index in [0.29, 0.717) is 41.5 Å². The summed E-state index contributed by atoms with van der Waals surface area (Å²) >= 11 is 0. The molecule has 0 aliphatic carbocycles. The number of nitrogens with zero attached hydrogens (tertiary/aromatic N) is 3. The Morgan fingerprint density at radius 3 is 2.30 bits per heavy atom. The Balaban J connectivity index is 2.19. The van der Waals surface area contributed by atoms with Crippen LogP contribution in [0.15, 0.2) is 53.3 Å². The van der Waals surface area contributed by atoms with E-state index in [2.05, 4.69) is 13.8 Å². The number of hydrogen-bond donors (Lipinski definition) is 0. The highest BCUT2D eigenvalue weighted by molar-refractivity contribution is 5.79. The Hall–Kier alpha value is -3.15. The highest BCUT2D eigenvalue weighted by Gasteiger charge is 2.28. The van der Waals surface area contributed by atoms with Gasteiger partial charge in [0, 0.05) is 12.5 Å². The molecule has 0 bridgehead atoms. The van der Waals surface area contributed by atoms with Crippen molar-refractivity contribution in [2.75, 3.05) is 13.2 Å². The first kappa shape index (κ1) is 24.5. The average Bonchev–Trinajstić information content (AvgIpc) is 2.79. The van der Waals surface area contributed by atoms with Gasteiger partial charge in [-0.05, 0) is 62.6 Å². The smallest absolute Gasteiger partial charge is 0.266 e. The maximum Gasteiger partial charge on any atom is 0.266 e. The maximum absolute atomic E-state index is 13.6. The van der Waals surface area contributed by atoms with Gasteiger partial charge in [0.1, 0.15) is 11.6 Å². The fourth-order valence-electron chi connectivity index (χ4n) is 3.90. The first-order chi connectivity index (χ1) is 15.7. The van der Waals surface area contributed by atoms with Crippen molar-refractivity contribution in [3.63, 3.8) is 0 Å². The molecule has 1 amide bonds. The molecule has 0 saturated carbocycles. The van der Waals surface area contributed by atoms with Crippen LogP contribution < -0.4 is 10.3 Å². The van der Waals surface area contributed by atoms with Crippen molar-refractivity contribution < 1.29 is 9.53 Å². The van der Waals surface area contributed by atoms with Gasteiger partial charge >= 0.3 is 0 Å². The van der Waals surface area contributed by atoms with E-state index in [9.17, 15) is 9.59 Å². The number of para-hydroxylation sites is 1. The van der Waals surface area contributed by atoms with Gasteiger partial charge < -0.3 is 9.64 Å². The Kier molecular flexibility index (Phi) is 7.90. The van der Waals surface area contributed by atoms with Crippen molar-refractivity contribution in [2.24, 2.45) is 11.8 Å². The molecule has 1 aromatic heterocycles. The summed E-state index contributed by atoms with van der Waals surface area (Å²) in [6, 6.07) is 14.4. The van der Waals surface area contributed by atoms with Crippen molar-refractivity contribution in [3.8, 4) is 11.4 Å². The number of carbonyl (C=O) groups excluding carboxylic acids is 1. The summed E-state index contributed by atoms with van der Waals surface area (Å²) < 4.78 is 7.21. The van der Waals surface area contributed by atoms with E-state index in [1.165, 1.54) is 0 Å². The van der Waals surface area contributed by atoms with Gasteiger partial charge in [0.15, 0.2) is 0 Å². The first-order valence-corrected chi connectivity index (χ1v) is 11.8. The SMILES string of the molecule is CCOc1ccc(-n2c(C(C)N(CCC(C)C)C(=O)C(C)C)nc3ccccc3c2=O)cc1. The fourth-order valence-corrected chi connectivity index (χ4v) is 3.90. The van der Waals surface area contributed by atoms with Gasteiger partial charge in [-0.15, -0.1) is 0 Å². The summed E-state index contributed by atoms with van der Waals surface area (Å²) in [6.07, 6.45) is 0.879. The van der Waals surface area contributed by atoms with Crippen molar-refractivity contribution in [1.29, 1.82) is 0 Å². The number of ether oxygens (including phenoxy) is 1. The van der Waals surface area contributed by atoms with Crippen LogP contribution >= 0.6 is 0 Å². The number of benzene rings is 2. The van der Waals surface area contributed by atoms with E-state index < -0.39 is 0 Å². The molecule has 0 fully saturated rings. The van der Waals surface area contributed by atoms with Crippen LogP contribution in [0.4, 0.5) is 0 Å². The van der Waals surface area contributed by atoms with Crippen LogP contribution in [0.3, 0.4) is 0 Å².